The standard InChI is InChI=1S/C35H58N4O4/c1-23-29-18-27(35(29,3)4)19-30(23)36-34(42)33-32(24(2)41)31(22-40)43-39(33)21-26-12-10-11-25(17-26)20-38(16-15-37(5)6)28-13-8-7-9-14-28/h10-12,17,23-24,27-33,40-41H,7-9,13-16,18-22H2,1-6H3,(H,36,42)/t23-,24-,27+,29-,30-,31-,32+,33-/m0/s1. The van der Waals surface area contributed by atoms with Crippen molar-refractivity contribution >= 4 is 5.91 Å². The molecular weight excluding hydrogens is 540 g/mol. The monoisotopic (exact) mass is 598 g/mol. The molecule has 1 saturated heterocycles. The number of benzene rings is 1. The zero-order valence-electron chi connectivity index (χ0n) is 27.5. The van der Waals surface area contributed by atoms with Crippen LogP contribution in [0.25, 0.3) is 0 Å². The summed E-state index contributed by atoms with van der Waals surface area (Å²) in [6.45, 7) is 11.9. The Morgan fingerprint density at radius 3 is 2.49 bits per heavy atom. The van der Waals surface area contributed by atoms with Gasteiger partial charge in [0, 0.05) is 37.6 Å². The van der Waals surface area contributed by atoms with E-state index in [1.807, 2.05) is 0 Å². The number of hydrogen-bond acceptors (Lipinski definition) is 7. The Bertz CT molecular complexity index is 1070. The lowest BCUT2D eigenvalue weighted by Gasteiger charge is -2.62. The molecular formula is C35H58N4O4. The van der Waals surface area contributed by atoms with E-state index in [2.05, 4.69) is 74.2 Å². The lowest BCUT2D eigenvalue weighted by molar-refractivity contribution is -0.183. The second-order valence-electron chi connectivity index (χ2n) is 15.1. The fourth-order valence-electron chi connectivity index (χ4n) is 8.89. The Hall–Kier alpha value is -1.55. The van der Waals surface area contributed by atoms with Gasteiger partial charge in [0.1, 0.15) is 12.1 Å². The molecule has 0 aromatic heterocycles. The zero-order valence-corrected chi connectivity index (χ0v) is 27.5. The van der Waals surface area contributed by atoms with Crippen LogP contribution in [0.4, 0.5) is 0 Å². The third-order valence-electron chi connectivity index (χ3n) is 11.7. The van der Waals surface area contributed by atoms with Gasteiger partial charge in [-0.25, -0.2) is 0 Å². The fraction of sp³-hybridized carbons (Fsp3) is 0.800. The highest BCUT2D eigenvalue weighted by atomic mass is 16.7. The molecule has 1 heterocycles. The molecule has 1 aliphatic heterocycles. The molecule has 3 N–H and O–H groups in total. The van der Waals surface area contributed by atoms with Gasteiger partial charge in [-0.3, -0.25) is 14.5 Å². The van der Waals surface area contributed by atoms with E-state index in [-0.39, 0.29) is 18.6 Å². The van der Waals surface area contributed by atoms with Crippen molar-refractivity contribution in [3.63, 3.8) is 0 Å². The Morgan fingerprint density at radius 1 is 1.14 bits per heavy atom. The van der Waals surface area contributed by atoms with Crippen molar-refractivity contribution < 1.29 is 19.8 Å². The first-order valence-electron chi connectivity index (χ1n) is 17.0. The quantitative estimate of drug-likeness (QED) is 0.335. The van der Waals surface area contributed by atoms with Crippen LogP contribution in [0.15, 0.2) is 24.3 Å². The first-order valence-corrected chi connectivity index (χ1v) is 17.0. The number of fused-ring (bicyclic) bond motifs is 2. The van der Waals surface area contributed by atoms with E-state index < -0.39 is 24.2 Å². The average molecular weight is 599 g/mol. The molecule has 8 nitrogen and oxygen atoms in total. The van der Waals surface area contributed by atoms with Gasteiger partial charge >= 0.3 is 0 Å². The van der Waals surface area contributed by atoms with Gasteiger partial charge in [0.15, 0.2) is 0 Å². The molecule has 43 heavy (non-hydrogen) atoms. The number of likely N-dealkylation sites (N-methyl/N-ethyl adjacent to an activating group) is 1. The molecule has 242 valence electrons. The molecule has 0 unspecified atom stereocenters. The van der Waals surface area contributed by atoms with E-state index in [4.69, 9.17) is 4.84 Å². The summed E-state index contributed by atoms with van der Waals surface area (Å²) in [6.07, 6.45) is 7.36. The SMILES string of the molecule is C[C@@H]1[C@@H](NC(=O)[C@@H]2[C@H]([C@H](C)O)[C@H](CO)ON2Cc2cccc(CN(CCN(C)C)C3CCCCC3)c2)C[C@H]2C[C@@H]1C2(C)C. The van der Waals surface area contributed by atoms with Crippen molar-refractivity contribution in [2.45, 2.75) is 116 Å². The van der Waals surface area contributed by atoms with Crippen LogP contribution in [-0.4, -0.2) is 95.1 Å². The predicted molar refractivity (Wildman–Crippen MR) is 170 cm³/mol. The third-order valence-corrected chi connectivity index (χ3v) is 11.7. The van der Waals surface area contributed by atoms with Gasteiger partial charge < -0.3 is 20.4 Å². The number of aliphatic hydroxyl groups is 2. The summed E-state index contributed by atoms with van der Waals surface area (Å²) in [5, 5.41) is 26.1. The van der Waals surface area contributed by atoms with Gasteiger partial charge in [-0.15, -0.1) is 0 Å². The normalized spacial score (nSPS) is 33.5. The number of hydroxylamine groups is 2. The fourth-order valence-corrected chi connectivity index (χ4v) is 8.89. The van der Waals surface area contributed by atoms with Gasteiger partial charge in [0.2, 0.25) is 5.91 Å². The Labute approximate surface area is 260 Å². The molecule has 0 radical (unpaired) electrons. The van der Waals surface area contributed by atoms with Gasteiger partial charge in [0.25, 0.3) is 0 Å². The van der Waals surface area contributed by atoms with Gasteiger partial charge in [-0.05, 0) is 81.0 Å². The molecule has 1 aromatic rings. The topological polar surface area (TPSA) is 88.5 Å². The van der Waals surface area contributed by atoms with Gasteiger partial charge in [-0.1, -0.05) is 64.3 Å². The smallest absolute Gasteiger partial charge is 0.240 e. The number of nitrogens with one attached hydrogen (secondary N) is 1. The number of nitrogens with zero attached hydrogens (tertiary/aromatic N) is 3. The number of aliphatic hydroxyl groups excluding tert-OH is 2. The Morgan fingerprint density at radius 2 is 1.86 bits per heavy atom. The van der Waals surface area contributed by atoms with Crippen LogP contribution in [0.3, 0.4) is 0 Å². The highest BCUT2D eigenvalue weighted by Crippen LogP contribution is 2.61. The number of carbonyl (C=O) groups excluding carboxylic acids is 1. The maximum Gasteiger partial charge on any atom is 0.240 e. The number of rotatable bonds is 12. The minimum atomic E-state index is -0.791. The summed E-state index contributed by atoms with van der Waals surface area (Å²) >= 11 is 0. The summed E-state index contributed by atoms with van der Waals surface area (Å²) in [7, 11) is 4.28. The summed E-state index contributed by atoms with van der Waals surface area (Å²) in [5.74, 6) is 1.07. The van der Waals surface area contributed by atoms with Crippen molar-refractivity contribution in [1.29, 1.82) is 0 Å². The summed E-state index contributed by atoms with van der Waals surface area (Å²) in [5.41, 5.74) is 2.69. The van der Waals surface area contributed by atoms with E-state index in [0.29, 0.717) is 35.8 Å². The van der Waals surface area contributed by atoms with E-state index >= 15 is 0 Å². The van der Waals surface area contributed by atoms with E-state index in [9.17, 15) is 15.0 Å². The largest absolute Gasteiger partial charge is 0.394 e. The minimum Gasteiger partial charge on any atom is -0.394 e. The number of amides is 1. The first-order chi connectivity index (χ1) is 20.5. The summed E-state index contributed by atoms with van der Waals surface area (Å²) in [6, 6.07) is 8.73. The second-order valence-corrected chi connectivity index (χ2v) is 15.1. The lowest BCUT2D eigenvalue weighted by Crippen LogP contribution is -2.62. The van der Waals surface area contributed by atoms with E-state index in [0.717, 1.165) is 31.6 Å². The molecule has 1 aromatic carbocycles. The number of hydrogen-bond donors (Lipinski definition) is 3. The Kier molecular flexibility index (Phi) is 10.6. The maximum atomic E-state index is 14.0. The predicted octanol–water partition coefficient (Wildman–Crippen LogP) is 4.04. The van der Waals surface area contributed by atoms with Gasteiger partial charge in [-0.2, -0.15) is 5.06 Å². The molecule has 1 amide bonds. The van der Waals surface area contributed by atoms with Crippen LogP contribution in [0.5, 0.6) is 0 Å². The van der Waals surface area contributed by atoms with Gasteiger partial charge in [0.05, 0.1) is 19.3 Å². The molecule has 2 bridgehead atoms. The highest BCUT2D eigenvalue weighted by Gasteiger charge is 2.57. The highest BCUT2D eigenvalue weighted by molar-refractivity contribution is 5.82. The van der Waals surface area contributed by atoms with Crippen LogP contribution in [0.2, 0.25) is 0 Å². The van der Waals surface area contributed by atoms with E-state index in [1.54, 1.807) is 12.0 Å². The Balaban J connectivity index is 1.30. The zero-order chi connectivity index (χ0) is 30.9. The average Bonchev–Trinajstić information content (AvgIpc) is 3.35. The van der Waals surface area contributed by atoms with Crippen molar-refractivity contribution in [3.05, 3.63) is 35.4 Å². The van der Waals surface area contributed by atoms with E-state index in [1.165, 1.54) is 44.1 Å². The van der Waals surface area contributed by atoms with Crippen LogP contribution in [0, 0.1) is 29.1 Å². The van der Waals surface area contributed by atoms with Crippen molar-refractivity contribution in [3.8, 4) is 0 Å². The second kappa shape index (κ2) is 13.8. The maximum absolute atomic E-state index is 14.0. The molecule has 6 rings (SSSR count). The molecule has 4 aliphatic carbocycles. The van der Waals surface area contributed by atoms with Crippen LogP contribution >= 0.6 is 0 Å². The molecule has 5 aliphatic rings. The molecule has 0 spiro atoms. The molecule has 8 heteroatoms. The lowest BCUT2D eigenvalue weighted by atomic mass is 9.45. The summed E-state index contributed by atoms with van der Waals surface area (Å²) in [4.78, 5) is 25.1. The summed E-state index contributed by atoms with van der Waals surface area (Å²) < 4.78 is 0. The molecule has 8 atom stereocenters. The molecule has 4 saturated carbocycles. The van der Waals surface area contributed by atoms with Crippen molar-refractivity contribution in [2.24, 2.45) is 29.1 Å². The van der Waals surface area contributed by atoms with Crippen LogP contribution in [-0.2, 0) is 22.7 Å². The van der Waals surface area contributed by atoms with Crippen molar-refractivity contribution in [1.82, 2.24) is 20.2 Å². The van der Waals surface area contributed by atoms with Crippen LogP contribution < -0.4 is 5.32 Å². The van der Waals surface area contributed by atoms with Crippen molar-refractivity contribution in [2.75, 3.05) is 33.8 Å². The number of carbonyl (C=O) groups is 1. The third kappa shape index (κ3) is 7.15. The minimum absolute atomic E-state index is 0.0962. The van der Waals surface area contributed by atoms with Crippen LogP contribution in [0.1, 0.15) is 83.8 Å². The first kappa shape index (κ1) is 32.8. The molecule has 5 fully saturated rings.